The van der Waals surface area contributed by atoms with Crippen LogP contribution in [-0.2, 0) is 14.8 Å². The molecule has 1 fully saturated rings. The van der Waals surface area contributed by atoms with Gasteiger partial charge in [0.2, 0.25) is 15.9 Å². The molecule has 0 unspecified atom stereocenters. The van der Waals surface area contributed by atoms with Crippen LogP contribution in [0, 0.1) is 5.92 Å². The van der Waals surface area contributed by atoms with Gasteiger partial charge in [0.1, 0.15) is 0 Å². The number of anilines is 1. The molecule has 1 heterocycles. The van der Waals surface area contributed by atoms with Crippen LogP contribution in [0.5, 0.6) is 0 Å². The summed E-state index contributed by atoms with van der Waals surface area (Å²) in [6.07, 6.45) is 0. The predicted molar refractivity (Wildman–Crippen MR) is 90.8 cm³/mol. The van der Waals surface area contributed by atoms with Crippen molar-refractivity contribution in [2.75, 3.05) is 38.0 Å². The van der Waals surface area contributed by atoms with E-state index in [0.717, 1.165) is 19.6 Å². The SMILES string of the molecule is CC(=O)Nc1ccc(S(=O)(=O)N2CCN(CC(C)C)CC2)cc1. The third kappa shape index (κ3) is 4.76. The summed E-state index contributed by atoms with van der Waals surface area (Å²) in [5.74, 6) is 0.404. The Morgan fingerprint density at radius 2 is 1.70 bits per heavy atom. The molecule has 1 N–H and O–H groups in total. The maximum absolute atomic E-state index is 12.7. The molecule has 0 spiro atoms. The highest BCUT2D eigenvalue weighted by molar-refractivity contribution is 7.89. The van der Waals surface area contributed by atoms with Crippen LogP contribution in [0.4, 0.5) is 5.69 Å². The number of nitrogens with zero attached hydrogens (tertiary/aromatic N) is 2. The van der Waals surface area contributed by atoms with Crippen LogP contribution in [0.3, 0.4) is 0 Å². The smallest absolute Gasteiger partial charge is 0.243 e. The topological polar surface area (TPSA) is 69.7 Å². The van der Waals surface area contributed by atoms with Crippen molar-refractivity contribution >= 4 is 21.6 Å². The molecule has 0 aromatic heterocycles. The van der Waals surface area contributed by atoms with Crippen molar-refractivity contribution in [2.24, 2.45) is 5.92 Å². The molecule has 0 radical (unpaired) electrons. The number of hydrogen-bond donors (Lipinski definition) is 1. The third-order valence-electron chi connectivity index (χ3n) is 3.77. The average molecular weight is 339 g/mol. The lowest BCUT2D eigenvalue weighted by Gasteiger charge is -2.34. The van der Waals surface area contributed by atoms with Gasteiger partial charge < -0.3 is 10.2 Å². The largest absolute Gasteiger partial charge is 0.326 e. The van der Waals surface area contributed by atoms with Crippen molar-refractivity contribution in [1.82, 2.24) is 9.21 Å². The molecule has 2 rings (SSSR count). The van der Waals surface area contributed by atoms with Crippen LogP contribution in [0.25, 0.3) is 0 Å². The van der Waals surface area contributed by atoms with Crippen molar-refractivity contribution in [3.63, 3.8) is 0 Å². The predicted octanol–water partition coefficient (Wildman–Crippen LogP) is 1.61. The first-order valence-corrected chi connectivity index (χ1v) is 9.33. The Morgan fingerprint density at radius 3 is 2.17 bits per heavy atom. The molecule has 7 heteroatoms. The third-order valence-corrected chi connectivity index (χ3v) is 5.68. The summed E-state index contributed by atoms with van der Waals surface area (Å²) >= 11 is 0. The summed E-state index contributed by atoms with van der Waals surface area (Å²) in [4.78, 5) is 13.6. The summed E-state index contributed by atoms with van der Waals surface area (Å²) in [6.45, 7) is 9.31. The molecule has 1 aliphatic heterocycles. The van der Waals surface area contributed by atoms with E-state index in [4.69, 9.17) is 0 Å². The molecule has 0 saturated carbocycles. The van der Waals surface area contributed by atoms with Crippen molar-refractivity contribution in [2.45, 2.75) is 25.7 Å². The molecular weight excluding hydrogens is 314 g/mol. The van der Waals surface area contributed by atoms with Crippen molar-refractivity contribution in [1.29, 1.82) is 0 Å². The monoisotopic (exact) mass is 339 g/mol. The van der Waals surface area contributed by atoms with Crippen LogP contribution in [0.1, 0.15) is 20.8 Å². The molecule has 1 aromatic rings. The van der Waals surface area contributed by atoms with Crippen molar-refractivity contribution in [3.8, 4) is 0 Å². The molecule has 128 valence electrons. The maximum Gasteiger partial charge on any atom is 0.243 e. The highest BCUT2D eigenvalue weighted by atomic mass is 32.2. The van der Waals surface area contributed by atoms with Crippen LogP contribution in [0.15, 0.2) is 29.2 Å². The van der Waals surface area contributed by atoms with E-state index in [1.165, 1.54) is 11.2 Å². The zero-order valence-electron chi connectivity index (χ0n) is 13.9. The van der Waals surface area contributed by atoms with E-state index < -0.39 is 10.0 Å². The second kappa shape index (κ2) is 7.42. The van der Waals surface area contributed by atoms with E-state index in [0.29, 0.717) is 24.7 Å². The van der Waals surface area contributed by atoms with E-state index in [9.17, 15) is 13.2 Å². The van der Waals surface area contributed by atoms with Crippen LogP contribution in [0.2, 0.25) is 0 Å². The minimum Gasteiger partial charge on any atom is -0.326 e. The highest BCUT2D eigenvalue weighted by Crippen LogP contribution is 2.20. The average Bonchev–Trinajstić information content (AvgIpc) is 2.47. The first kappa shape index (κ1) is 17.9. The Bertz CT molecular complexity index is 633. The zero-order valence-corrected chi connectivity index (χ0v) is 14.8. The van der Waals surface area contributed by atoms with Gasteiger partial charge in [-0.05, 0) is 30.2 Å². The number of benzene rings is 1. The number of carbonyl (C=O) groups excluding carboxylic acids is 1. The number of nitrogens with one attached hydrogen (secondary N) is 1. The first-order valence-electron chi connectivity index (χ1n) is 7.89. The maximum atomic E-state index is 12.7. The number of amides is 1. The van der Waals surface area contributed by atoms with Gasteiger partial charge in [-0.1, -0.05) is 13.8 Å². The minimum absolute atomic E-state index is 0.179. The van der Waals surface area contributed by atoms with Gasteiger partial charge in [-0.2, -0.15) is 4.31 Å². The summed E-state index contributed by atoms with van der Waals surface area (Å²) in [5, 5.41) is 2.63. The second-order valence-corrected chi connectivity index (χ2v) is 8.24. The van der Waals surface area contributed by atoms with Crippen LogP contribution >= 0.6 is 0 Å². The molecule has 0 atom stereocenters. The highest BCUT2D eigenvalue weighted by Gasteiger charge is 2.28. The number of rotatable bonds is 5. The fourth-order valence-electron chi connectivity index (χ4n) is 2.73. The van der Waals surface area contributed by atoms with E-state index >= 15 is 0 Å². The second-order valence-electron chi connectivity index (χ2n) is 6.30. The normalized spacial score (nSPS) is 17.4. The minimum atomic E-state index is -3.47. The molecule has 0 aliphatic carbocycles. The summed E-state index contributed by atoms with van der Waals surface area (Å²) in [6, 6.07) is 6.31. The molecule has 1 saturated heterocycles. The van der Waals surface area contributed by atoms with E-state index in [1.807, 2.05) is 0 Å². The number of sulfonamides is 1. The Balaban J connectivity index is 2.03. The van der Waals surface area contributed by atoms with Gasteiger partial charge in [0.15, 0.2) is 0 Å². The van der Waals surface area contributed by atoms with Crippen molar-refractivity contribution in [3.05, 3.63) is 24.3 Å². The van der Waals surface area contributed by atoms with Crippen molar-refractivity contribution < 1.29 is 13.2 Å². The lowest BCUT2D eigenvalue weighted by atomic mass is 10.2. The number of piperazine rings is 1. The summed E-state index contributed by atoms with van der Waals surface area (Å²) in [7, 11) is -3.47. The molecule has 1 amide bonds. The van der Waals surface area contributed by atoms with E-state index in [2.05, 4.69) is 24.1 Å². The molecular formula is C16H25N3O3S. The van der Waals surface area contributed by atoms with Gasteiger partial charge in [0, 0.05) is 45.3 Å². The van der Waals surface area contributed by atoms with Gasteiger partial charge in [-0.25, -0.2) is 8.42 Å². The Kier molecular flexibility index (Phi) is 5.78. The number of hydrogen-bond acceptors (Lipinski definition) is 4. The molecule has 0 bridgehead atoms. The van der Waals surface area contributed by atoms with Gasteiger partial charge in [-0.3, -0.25) is 4.79 Å². The first-order chi connectivity index (χ1) is 10.8. The quantitative estimate of drug-likeness (QED) is 0.885. The van der Waals surface area contributed by atoms with Gasteiger partial charge in [0.25, 0.3) is 0 Å². The summed E-state index contributed by atoms with van der Waals surface area (Å²) < 4.78 is 26.9. The summed E-state index contributed by atoms with van der Waals surface area (Å²) in [5.41, 5.74) is 0.596. The molecule has 1 aromatic carbocycles. The number of carbonyl (C=O) groups is 1. The fraction of sp³-hybridized carbons (Fsp3) is 0.562. The molecule has 23 heavy (non-hydrogen) atoms. The Morgan fingerprint density at radius 1 is 1.13 bits per heavy atom. The lowest BCUT2D eigenvalue weighted by Crippen LogP contribution is -2.49. The van der Waals surface area contributed by atoms with E-state index in [-0.39, 0.29) is 10.8 Å². The van der Waals surface area contributed by atoms with Gasteiger partial charge in [0.05, 0.1) is 4.90 Å². The van der Waals surface area contributed by atoms with E-state index in [1.54, 1.807) is 24.3 Å². The standard InChI is InChI=1S/C16H25N3O3S/c1-13(2)12-18-8-10-19(11-9-18)23(21,22)16-6-4-15(5-7-16)17-14(3)20/h4-7,13H,8-12H2,1-3H3,(H,17,20). The van der Waals surface area contributed by atoms with Crippen LogP contribution in [-0.4, -0.2) is 56.3 Å². The Hall–Kier alpha value is -1.44. The van der Waals surface area contributed by atoms with Crippen LogP contribution < -0.4 is 5.32 Å². The Labute approximate surface area is 138 Å². The fourth-order valence-corrected chi connectivity index (χ4v) is 4.15. The van der Waals surface area contributed by atoms with Gasteiger partial charge in [-0.15, -0.1) is 0 Å². The zero-order chi connectivity index (χ0) is 17.0. The van der Waals surface area contributed by atoms with Gasteiger partial charge >= 0.3 is 0 Å². The molecule has 1 aliphatic rings. The molecule has 6 nitrogen and oxygen atoms in total. The lowest BCUT2D eigenvalue weighted by molar-refractivity contribution is -0.114.